The monoisotopic (exact) mass is 190 g/mol. The molecule has 0 N–H and O–H groups in total. The zero-order chi connectivity index (χ0) is 10.8. The Bertz CT molecular complexity index is 279. The van der Waals surface area contributed by atoms with Gasteiger partial charge in [0.1, 0.15) is 0 Å². The summed E-state index contributed by atoms with van der Waals surface area (Å²) in [6.07, 6.45) is 3.54. The Labute approximate surface area is 86.0 Å². The molecule has 0 fully saturated rings. The Morgan fingerprint density at radius 1 is 0.714 bits per heavy atom. The smallest absolute Gasteiger partial charge is 0.0886 e. The van der Waals surface area contributed by atoms with Crippen molar-refractivity contribution in [2.75, 3.05) is 0 Å². The fraction of sp³-hybridized carbons (Fsp3) is 0.333. The molecule has 2 rings (SSSR count). The highest BCUT2D eigenvalue weighted by Crippen LogP contribution is 2.04. The first-order valence-corrected chi connectivity index (χ1v) is 5.12. The van der Waals surface area contributed by atoms with Crippen LogP contribution in [0.15, 0.2) is 36.7 Å². The number of fused-ring (bicyclic) bond motifs is 1. The molecule has 0 aliphatic carbocycles. The van der Waals surface area contributed by atoms with Gasteiger partial charge in [0, 0.05) is 12.4 Å². The third kappa shape index (κ3) is 3.52. The van der Waals surface area contributed by atoms with Crippen LogP contribution in [-0.4, -0.2) is 9.97 Å². The zero-order valence-corrected chi connectivity index (χ0v) is 9.36. The van der Waals surface area contributed by atoms with Crippen molar-refractivity contribution in [3.8, 4) is 0 Å². The molecule has 0 unspecified atom stereocenters. The lowest BCUT2D eigenvalue weighted by Gasteiger charge is -1.90. The molecule has 0 aromatic carbocycles. The van der Waals surface area contributed by atoms with Crippen molar-refractivity contribution in [3.63, 3.8) is 0 Å². The van der Waals surface area contributed by atoms with Gasteiger partial charge in [0.15, 0.2) is 0 Å². The van der Waals surface area contributed by atoms with Crippen molar-refractivity contribution in [2.24, 2.45) is 0 Å². The van der Waals surface area contributed by atoms with Gasteiger partial charge >= 0.3 is 0 Å². The SMILES string of the molecule is CC.CC.c1cnc2cccnc2c1. The number of aromatic nitrogens is 2. The topological polar surface area (TPSA) is 25.8 Å². The Morgan fingerprint density at radius 2 is 1.07 bits per heavy atom. The predicted octanol–water partition coefficient (Wildman–Crippen LogP) is 3.68. The molecular formula is C12H18N2. The van der Waals surface area contributed by atoms with Crippen molar-refractivity contribution in [1.29, 1.82) is 0 Å². The molecule has 2 heterocycles. The minimum atomic E-state index is 0.949. The minimum absolute atomic E-state index is 0.949. The van der Waals surface area contributed by atoms with Crippen LogP contribution in [-0.2, 0) is 0 Å². The van der Waals surface area contributed by atoms with Crippen molar-refractivity contribution in [1.82, 2.24) is 9.97 Å². The third-order valence-electron chi connectivity index (χ3n) is 1.37. The summed E-state index contributed by atoms with van der Waals surface area (Å²) < 4.78 is 0. The summed E-state index contributed by atoms with van der Waals surface area (Å²) in [5.41, 5.74) is 1.90. The number of nitrogens with zero attached hydrogens (tertiary/aromatic N) is 2. The van der Waals surface area contributed by atoms with E-state index in [1.807, 2.05) is 52.0 Å². The molecule has 2 aromatic rings. The molecule has 14 heavy (non-hydrogen) atoms. The van der Waals surface area contributed by atoms with Gasteiger partial charge < -0.3 is 0 Å². The maximum absolute atomic E-state index is 4.12. The van der Waals surface area contributed by atoms with Gasteiger partial charge in [-0.25, -0.2) is 0 Å². The average Bonchev–Trinajstić information content (AvgIpc) is 2.34. The summed E-state index contributed by atoms with van der Waals surface area (Å²) in [4.78, 5) is 8.24. The lowest BCUT2D eigenvalue weighted by Crippen LogP contribution is -1.78. The lowest BCUT2D eigenvalue weighted by molar-refractivity contribution is 1.34. The van der Waals surface area contributed by atoms with Crippen LogP contribution in [0.25, 0.3) is 11.0 Å². The first-order valence-electron chi connectivity index (χ1n) is 5.12. The van der Waals surface area contributed by atoms with Crippen molar-refractivity contribution >= 4 is 11.0 Å². The summed E-state index contributed by atoms with van der Waals surface area (Å²) in [6.45, 7) is 8.00. The van der Waals surface area contributed by atoms with E-state index >= 15 is 0 Å². The molecule has 0 saturated heterocycles. The molecule has 0 saturated carbocycles. The van der Waals surface area contributed by atoms with Gasteiger partial charge in [0.05, 0.1) is 11.0 Å². The molecule has 76 valence electrons. The molecule has 2 aromatic heterocycles. The van der Waals surface area contributed by atoms with Crippen LogP contribution < -0.4 is 0 Å². The second kappa shape index (κ2) is 8.17. The van der Waals surface area contributed by atoms with Gasteiger partial charge in [-0.15, -0.1) is 0 Å². The van der Waals surface area contributed by atoms with E-state index in [4.69, 9.17) is 0 Å². The molecule has 0 aliphatic heterocycles. The highest BCUT2D eigenvalue weighted by molar-refractivity contribution is 5.72. The lowest BCUT2D eigenvalue weighted by atomic mass is 10.3. The minimum Gasteiger partial charge on any atom is -0.255 e. The molecule has 0 radical (unpaired) electrons. The van der Waals surface area contributed by atoms with E-state index in [1.54, 1.807) is 12.4 Å². The number of rotatable bonds is 0. The quantitative estimate of drug-likeness (QED) is 0.633. The van der Waals surface area contributed by atoms with Gasteiger partial charge in [-0.2, -0.15) is 0 Å². The zero-order valence-electron chi connectivity index (χ0n) is 9.36. The van der Waals surface area contributed by atoms with Crippen LogP contribution in [0.2, 0.25) is 0 Å². The second-order valence-corrected chi connectivity index (χ2v) is 2.05. The van der Waals surface area contributed by atoms with Crippen molar-refractivity contribution in [2.45, 2.75) is 27.7 Å². The first kappa shape index (κ1) is 12.6. The maximum Gasteiger partial charge on any atom is 0.0886 e. The molecule has 0 bridgehead atoms. The first-order chi connectivity index (χ1) is 6.97. The summed E-state index contributed by atoms with van der Waals surface area (Å²) >= 11 is 0. The predicted molar refractivity (Wildman–Crippen MR) is 62.2 cm³/mol. The van der Waals surface area contributed by atoms with Gasteiger partial charge in [0.2, 0.25) is 0 Å². The van der Waals surface area contributed by atoms with Gasteiger partial charge in [-0.05, 0) is 24.3 Å². The van der Waals surface area contributed by atoms with Crippen LogP contribution in [0.1, 0.15) is 27.7 Å². The van der Waals surface area contributed by atoms with E-state index in [2.05, 4.69) is 9.97 Å². The molecule has 0 amide bonds. The Morgan fingerprint density at radius 3 is 1.43 bits per heavy atom. The Balaban J connectivity index is 0.000000379. The van der Waals surface area contributed by atoms with Crippen LogP contribution >= 0.6 is 0 Å². The number of pyridine rings is 2. The molecule has 2 nitrogen and oxygen atoms in total. The summed E-state index contributed by atoms with van der Waals surface area (Å²) in [5, 5.41) is 0. The Hall–Kier alpha value is -1.44. The van der Waals surface area contributed by atoms with E-state index in [0.717, 1.165) is 11.0 Å². The van der Waals surface area contributed by atoms with Crippen LogP contribution in [0.3, 0.4) is 0 Å². The fourth-order valence-corrected chi connectivity index (χ4v) is 0.904. The van der Waals surface area contributed by atoms with Gasteiger partial charge in [0.25, 0.3) is 0 Å². The van der Waals surface area contributed by atoms with E-state index in [1.165, 1.54) is 0 Å². The number of hydrogen-bond acceptors (Lipinski definition) is 2. The van der Waals surface area contributed by atoms with E-state index < -0.39 is 0 Å². The second-order valence-electron chi connectivity index (χ2n) is 2.05. The largest absolute Gasteiger partial charge is 0.255 e. The molecule has 2 heteroatoms. The summed E-state index contributed by atoms with van der Waals surface area (Å²) in [6, 6.07) is 7.66. The average molecular weight is 190 g/mol. The van der Waals surface area contributed by atoms with Crippen LogP contribution in [0.4, 0.5) is 0 Å². The highest BCUT2D eigenvalue weighted by Gasteiger charge is 1.88. The molecule has 0 aliphatic rings. The van der Waals surface area contributed by atoms with Crippen LogP contribution in [0, 0.1) is 0 Å². The molecular weight excluding hydrogens is 172 g/mol. The standard InChI is InChI=1S/C8H6N2.2C2H6/c1-3-7-8(9-5-1)4-2-6-10-7;2*1-2/h1-6H;2*1-2H3. The van der Waals surface area contributed by atoms with E-state index in [0.29, 0.717) is 0 Å². The van der Waals surface area contributed by atoms with E-state index in [-0.39, 0.29) is 0 Å². The maximum atomic E-state index is 4.12. The van der Waals surface area contributed by atoms with Crippen molar-refractivity contribution in [3.05, 3.63) is 36.7 Å². The molecule has 0 spiro atoms. The van der Waals surface area contributed by atoms with Gasteiger partial charge in [-0.1, -0.05) is 27.7 Å². The summed E-state index contributed by atoms with van der Waals surface area (Å²) in [5.74, 6) is 0. The number of hydrogen-bond donors (Lipinski definition) is 0. The highest BCUT2D eigenvalue weighted by atomic mass is 14.7. The third-order valence-corrected chi connectivity index (χ3v) is 1.37. The normalized spacial score (nSPS) is 8.00. The molecule has 0 atom stereocenters. The van der Waals surface area contributed by atoms with Crippen molar-refractivity contribution < 1.29 is 0 Å². The fourth-order valence-electron chi connectivity index (χ4n) is 0.904. The Kier molecular flexibility index (Phi) is 7.33. The van der Waals surface area contributed by atoms with E-state index in [9.17, 15) is 0 Å². The van der Waals surface area contributed by atoms with Crippen LogP contribution in [0.5, 0.6) is 0 Å². The summed E-state index contributed by atoms with van der Waals surface area (Å²) in [7, 11) is 0. The van der Waals surface area contributed by atoms with Gasteiger partial charge in [-0.3, -0.25) is 9.97 Å².